The van der Waals surface area contributed by atoms with Gasteiger partial charge in [0.2, 0.25) is 5.91 Å². The second-order valence-electron chi connectivity index (χ2n) is 8.04. The maximum absolute atomic E-state index is 11.2. The SMILES string of the molecule is O=C(Cc1ccc(CCCCc2ccc(OCCCN3CCOCC3)cc2)cc1)NO. The van der Waals surface area contributed by atoms with E-state index in [4.69, 9.17) is 14.7 Å². The van der Waals surface area contributed by atoms with E-state index in [-0.39, 0.29) is 6.42 Å². The molecule has 3 rings (SSSR count). The molecule has 1 fully saturated rings. The monoisotopic (exact) mass is 426 g/mol. The number of morpholine rings is 1. The highest BCUT2D eigenvalue weighted by atomic mass is 16.5. The topological polar surface area (TPSA) is 71.0 Å². The van der Waals surface area contributed by atoms with Gasteiger partial charge >= 0.3 is 0 Å². The van der Waals surface area contributed by atoms with E-state index in [9.17, 15) is 4.79 Å². The second kappa shape index (κ2) is 13.1. The highest BCUT2D eigenvalue weighted by Crippen LogP contribution is 2.15. The van der Waals surface area contributed by atoms with Crippen LogP contribution in [0.2, 0.25) is 0 Å². The van der Waals surface area contributed by atoms with Crippen molar-refractivity contribution in [2.45, 2.75) is 38.5 Å². The van der Waals surface area contributed by atoms with Gasteiger partial charge in [0.15, 0.2) is 0 Å². The van der Waals surface area contributed by atoms with Crippen LogP contribution in [0, 0.1) is 0 Å². The zero-order valence-electron chi connectivity index (χ0n) is 18.2. The first-order chi connectivity index (χ1) is 15.2. The zero-order chi connectivity index (χ0) is 21.7. The minimum Gasteiger partial charge on any atom is -0.494 e. The molecule has 0 atom stereocenters. The molecule has 0 radical (unpaired) electrons. The van der Waals surface area contributed by atoms with E-state index in [1.807, 2.05) is 12.1 Å². The summed E-state index contributed by atoms with van der Waals surface area (Å²) in [5, 5.41) is 8.58. The van der Waals surface area contributed by atoms with Gasteiger partial charge in [-0.05, 0) is 60.9 Å². The first-order valence-electron chi connectivity index (χ1n) is 11.3. The minimum atomic E-state index is -0.392. The van der Waals surface area contributed by atoms with Gasteiger partial charge in [0.25, 0.3) is 0 Å². The molecule has 31 heavy (non-hydrogen) atoms. The van der Waals surface area contributed by atoms with Gasteiger partial charge in [0.1, 0.15) is 5.75 Å². The Labute approximate surface area is 185 Å². The minimum absolute atomic E-state index is 0.199. The number of hydrogen-bond donors (Lipinski definition) is 2. The molecule has 2 aromatic rings. The fourth-order valence-corrected chi connectivity index (χ4v) is 3.76. The number of aryl methyl sites for hydroxylation is 2. The largest absolute Gasteiger partial charge is 0.494 e. The van der Waals surface area contributed by atoms with Gasteiger partial charge < -0.3 is 9.47 Å². The molecule has 1 amide bonds. The Morgan fingerprint density at radius 1 is 0.903 bits per heavy atom. The predicted molar refractivity (Wildman–Crippen MR) is 121 cm³/mol. The quantitative estimate of drug-likeness (QED) is 0.309. The van der Waals surface area contributed by atoms with E-state index in [0.717, 1.165) is 82.9 Å². The van der Waals surface area contributed by atoms with Crippen LogP contribution in [0.25, 0.3) is 0 Å². The molecule has 6 nitrogen and oxygen atoms in total. The lowest BCUT2D eigenvalue weighted by Gasteiger charge is -2.26. The molecule has 6 heteroatoms. The van der Waals surface area contributed by atoms with Crippen LogP contribution in [0.4, 0.5) is 0 Å². The van der Waals surface area contributed by atoms with Gasteiger partial charge in [0.05, 0.1) is 26.2 Å². The molecule has 1 saturated heterocycles. The Hall–Kier alpha value is -2.41. The van der Waals surface area contributed by atoms with Gasteiger partial charge in [-0.2, -0.15) is 0 Å². The van der Waals surface area contributed by atoms with Crippen LogP contribution in [-0.2, 0) is 28.8 Å². The maximum Gasteiger partial charge on any atom is 0.247 e. The van der Waals surface area contributed by atoms with Crippen molar-refractivity contribution in [3.05, 3.63) is 65.2 Å². The molecule has 168 valence electrons. The van der Waals surface area contributed by atoms with Crippen LogP contribution < -0.4 is 10.2 Å². The predicted octanol–water partition coefficient (Wildman–Crippen LogP) is 3.40. The number of hydrogen-bond acceptors (Lipinski definition) is 5. The van der Waals surface area contributed by atoms with E-state index >= 15 is 0 Å². The summed E-state index contributed by atoms with van der Waals surface area (Å²) in [7, 11) is 0. The second-order valence-corrected chi connectivity index (χ2v) is 8.04. The molecule has 0 bridgehead atoms. The van der Waals surface area contributed by atoms with Crippen molar-refractivity contribution >= 4 is 5.91 Å². The number of unbranched alkanes of at least 4 members (excludes halogenated alkanes) is 1. The average molecular weight is 427 g/mol. The lowest BCUT2D eigenvalue weighted by molar-refractivity contribution is -0.128. The van der Waals surface area contributed by atoms with E-state index in [1.165, 1.54) is 11.1 Å². The summed E-state index contributed by atoms with van der Waals surface area (Å²) >= 11 is 0. The molecular formula is C25H34N2O4. The first-order valence-corrected chi connectivity index (χ1v) is 11.3. The number of benzene rings is 2. The smallest absolute Gasteiger partial charge is 0.247 e. The third-order valence-corrected chi connectivity index (χ3v) is 5.61. The summed E-state index contributed by atoms with van der Waals surface area (Å²) in [6.45, 7) is 5.58. The van der Waals surface area contributed by atoms with Crippen LogP contribution in [0.15, 0.2) is 48.5 Å². The summed E-state index contributed by atoms with van der Waals surface area (Å²) < 4.78 is 11.3. The molecule has 2 aromatic carbocycles. The highest BCUT2D eigenvalue weighted by molar-refractivity contribution is 5.77. The Balaban J connectivity index is 1.28. The summed E-state index contributed by atoms with van der Waals surface area (Å²) in [5.41, 5.74) is 5.17. The van der Waals surface area contributed by atoms with Crippen LogP contribution in [0.1, 0.15) is 36.0 Å². The molecule has 0 aromatic heterocycles. The number of hydroxylamine groups is 1. The lowest BCUT2D eigenvalue weighted by atomic mass is 10.0. The van der Waals surface area contributed by atoms with Gasteiger partial charge in [-0.3, -0.25) is 14.9 Å². The standard InChI is InChI=1S/C25H34N2O4/c28-25(26-29)20-23-8-6-21(7-9-23)4-1-2-5-22-10-12-24(13-11-22)31-17-3-14-27-15-18-30-19-16-27/h6-13,29H,1-5,14-20H2,(H,26,28). The van der Waals surface area contributed by atoms with E-state index < -0.39 is 5.91 Å². The van der Waals surface area contributed by atoms with Crippen molar-refractivity contribution in [3.8, 4) is 5.75 Å². The van der Waals surface area contributed by atoms with Crippen molar-refractivity contribution < 1.29 is 19.5 Å². The molecule has 1 heterocycles. The van der Waals surface area contributed by atoms with Gasteiger partial charge in [0, 0.05) is 19.6 Å². The molecular weight excluding hydrogens is 392 g/mol. The maximum atomic E-state index is 11.2. The molecule has 2 N–H and O–H groups in total. The Kier molecular flexibility index (Phi) is 9.83. The van der Waals surface area contributed by atoms with Crippen molar-refractivity contribution in [3.63, 3.8) is 0 Å². The lowest BCUT2D eigenvalue weighted by Crippen LogP contribution is -2.37. The van der Waals surface area contributed by atoms with E-state index in [0.29, 0.717) is 0 Å². The molecule has 1 aliphatic rings. The first kappa shape index (κ1) is 23.3. The Bertz CT molecular complexity index is 771. The van der Waals surface area contributed by atoms with E-state index in [2.05, 4.69) is 41.3 Å². The highest BCUT2D eigenvalue weighted by Gasteiger charge is 2.09. The average Bonchev–Trinajstić information content (AvgIpc) is 2.82. The molecule has 0 saturated carbocycles. The fraction of sp³-hybridized carbons (Fsp3) is 0.480. The molecule has 0 spiro atoms. The summed E-state index contributed by atoms with van der Waals surface area (Å²) in [5.74, 6) is 0.554. The summed E-state index contributed by atoms with van der Waals surface area (Å²) in [4.78, 5) is 13.6. The molecule has 1 aliphatic heterocycles. The summed E-state index contributed by atoms with van der Waals surface area (Å²) in [6, 6.07) is 16.5. The molecule has 0 aliphatic carbocycles. The summed E-state index contributed by atoms with van der Waals surface area (Å²) in [6.07, 6.45) is 5.58. The van der Waals surface area contributed by atoms with Crippen LogP contribution in [0.5, 0.6) is 5.75 Å². The van der Waals surface area contributed by atoms with Crippen molar-refractivity contribution in [2.24, 2.45) is 0 Å². The third-order valence-electron chi connectivity index (χ3n) is 5.61. The number of ether oxygens (including phenoxy) is 2. The number of carbonyl (C=O) groups excluding carboxylic acids is 1. The third kappa shape index (κ3) is 8.69. The van der Waals surface area contributed by atoms with Crippen molar-refractivity contribution in [2.75, 3.05) is 39.5 Å². The van der Waals surface area contributed by atoms with Gasteiger partial charge in [-0.15, -0.1) is 0 Å². The van der Waals surface area contributed by atoms with Crippen molar-refractivity contribution in [1.29, 1.82) is 0 Å². The number of nitrogens with one attached hydrogen (secondary N) is 1. The van der Waals surface area contributed by atoms with Gasteiger partial charge in [-0.1, -0.05) is 36.4 Å². The van der Waals surface area contributed by atoms with Crippen LogP contribution >= 0.6 is 0 Å². The normalized spacial score (nSPS) is 14.4. The number of rotatable bonds is 12. The van der Waals surface area contributed by atoms with E-state index in [1.54, 1.807) is 5.48 Å². The number of carbonyl (C=O) groups is 1. The number of amides is 1. The molecule has 0 unspecified atom stereocenters. The van der Waals surface area contributed by atoms with Crippen LogP contribution in [-0.4, -0.2) is 55.5 Å². The number of nitrogens with zero attached hydrogens (tertiary/aromatic N) is 1. The fourth-order valence-electron chi connectivity index (χ4n) is 3.76. The van der Waals surface area contributed by atoms with Gasteiger partial charge in [-0.25, -0.2) is 5.48 Å². The zero-order valence-corrected chi connectivity index (χ0v) is 18.2. The van der Waals surface area contributed by atoms with Crippen LogP contribution in [0.3, 0.4) is 0 Å². The Morgan fingerprint density at radius 2 is 1.48 bits per heavy atom. The van der Waals surface area contributed by atoms with Crippen molar-refractivity contribution in [1.82, 2.24) is 10.4 Å². The Morgan fingerprint density at radius 3 is 2.10 bits per heavy atom.